The van der Waals surface area contributed by atoms with Crippen LogP contribution in [0.5, 0.6) is 0 Å². The Hall–Kier alpha value is -9.24. The number of aromatic nitrogens is 2. The van der Waals surface area contributed by atoms with Crippen LogP contribution in [-0.4, -0.2) is 9.97 Å². The van der Waals surface area contributed by atoms with Crippen LogP contribution in [0.1, 0.15) is 0 Å². The molecule has 0 fully saturated rings. The fourth-order valence-corrected chi connectivity index (χ4v) is 11.3. The highest BCUT2D eigenvalue weighted by molar-refractivity contribution is 6.25. The predicted molar refractivity (Wildman–Crippen MR) is 297 cm³/mol. The lowest BCUT2D eigenvalue weighted by molar-refractivity contribution is 1.29. The second-order valence-corrected chi connectivity index (χ2v) is 18.3. The third kappa shape index (κ3) is 6.35. The average molecular weight is 887 g/mol. The summed E-state index contributed by atoms with van der Waals surface area (Å²) in [5.74, 6) is 0. The van der Waals surface area contributed by atoms with Crippen LogP contribution >= 0.6 is 0 Å². The van der Waals surface area contributed by atoms with Gasteiger partial charge in [-0.05, 0) is 121 Å². The minimum atomic E-state index is 0.856. The van der Waals surface area contributed by atoms with Crippen LogP contribution in [-0.2, 0) is 0 Å². The van der Waals surface area contributed by atoms with Gasteiger partial charge in [-0.15, -0.1) is 0 Å². The summed E-state index contributed by atoms with van der Waals surface area (Å²) >= 11 is 0. The molecular weight excluding hydrogens is 845 g/mol. The third-order valence-electron chi connectivity index (χ3n) is 14.4. The quantitative estimate of drug-likeness (QED) is 0.156. The van der Waals surface area contributed by atoms with E-state index in [1.54, 1.807) is 0 Å². The fraction of sp³-hybridized carbons (Fsp3) is 0. The highest BCUT2D eigenvalue weighted by Crippen LogP contribution is 2.48. The van der Waals surface area contributed by atoms with Gasteiger partial charge in [-0.2, -0.15) is 0 Å². The van der Waals surface area contributed by atoms with Crippen molar-refractivity contribution in [3.05, 3.63) is 255 Å². The first-order chi connectivity index (χ1) is 34.7. The number of benzene rings is 13. The largest absolute Gasteiger partial charge is 0.244 e. The molecule has 0 radical (unpaired) electrons. The molecule has 13 aromatic carbocycles. The summed E-state index contributed by atoms with van der Waals surface area (Å²) in [6.45, 7) is 0. The Balaban J connectivity index is 0.901. The van der Waals surface area contributed by atoms with Gasteiger partial charge in [0.05, 0.1) is 22.4 Å². The van der Waals surface area contributed by atoms with E-state index in [1.807, 2.05) is 12.1 Å². The third-order valence-corrected chi connectivity index (χ3v) is 14.4. The molecule has 1 aromatic heterocycles. The van der Waals surface area contributed by atoms with E-state index in [4.69, 9.17) is 9.97 Å². The van der Waals surface area contributed by atoms with Gasteiger partial charge >= 0.3 is 0 Å². The maximum atomic E-state index is 5.35. The summed E-state index contributed by atoms with van der Waals surface area (Å²) in [6.07, 6.45) is 0. The molecule has 0 aliphatic carbocycles. The van der Waals surface area contributed by atoms with Crippen molar-refractivity contribution in [1.82, 2.24) is 9.97 Å². The maximum Gasteiger partial charge on any atom is 0.0973 e. The molecule has 0 amide bonds. The monoisotopic (exact) mass is 886 g/mol. The molecule has 14 rings (SSSR count). The molecule has 1 heterocycles. The lowest BCUT2D eigenvalue weighted by Crippen LogP contribution is -1.96. The van der Waals surface area contributed by atoms with Crippen LogP contribution in [0.25, 0.3) is 143 Å². The predicted octanol–water partition coefficient (Wildman–Crippen LogP) is 18.6. The lowest BCUT2D eigenvalue weighted by Gasteiger charge is -2.19. The zero-order chi connectivity index (χ0) is 46.1. The minimum absolute atomic E-state index is 0.856. The van der Waals surface area contributed by atoms with E-state index < -0.39 is 0 Å². The Labute approximate surface area is 405 Å². The van der Waals surface area contributed by atoms with Crippen molar-refractivity contribution in [3.63, 3.8) is 0 Å². The molecular formula is C68H42N2. The van der Waals surface area contributed by atoms with Crippen LogP contribution in [0.3, 0.4) is 0 Å². The number of hydrogen-bond acceptors (Lipinski definition) is 2. The Morgan fingerprint density at radius 1 is 0.186 bits per heavy atom. The summed E-state index contributed by atoms with van der Waals surface area (Å²) in [5, 5.41) is 14.9. The van der Waals surface area contributed by atoms with Crippen LogP contribution in [0.2, 0.25) is 0 Å². The van der Waals surface area contributed by atoms with E-state index in [9.17, 15) is 0 Å². The normalized spacial score (nSPS) is 11.7. The van der Waals surface area contributed by atoms with Crippen LogP contribution in [0.15, 0.2) is 255 Å². The molecule has 0 bridgehead atoms. The SMILES string of the molecule is c1ccc2c(-c3c4ccccc4c(-c4ccc(-c5nc6ccccc6nc5-c5ccc(-c6c7ccccc7c(-c7cccc8ccccc78)c7ccccc67)cc5)cc4)c4ccccc34)cccc2c1. The van der Waals surface area contributed by atoms with E-state index in [-0.39, 0.29) is 0 Å². The molecule has 2 nitrogen and oxygen atoms in total. The highest BCUT2D eigenvalue weighted by Gasteiger charge is 2.21. The van der Waals surface area contributed by atoms with Crippen molar-refractivity contribution in [2.75, 3.05) is 0 Å². The molecule has 0 spiro atoms. The van der Waals surface area contributed by atoms with Gasteiger partial charge in [-0.3, -0.25) is 0 Å². The Bertz CT molecular complexity index is 3990. The van der Waals surface area contributed by atoms with Crippen molar-refractivity contribution >= 4 is 75.7 Å². The van der Waals surface area contributed by atoms with E-state index in [1.165, 1.54) is 98.0 Å². The molecule has 70 heavy (non-hydrogen) atoms. The van der Waals surface area contributed by atoms with E-state index in [0.717, 1.165) is 44.7 Å². The summed E-state index contributed by atoms with van der Waals surface area (Å²) < 4.78 is 0. The van der Waals surface area contributed by atoms with Crippen LogP contribution in [0, 0.1) is 0 Å². The Kier molecular flexibility index (Phi) is 9.25. The summed E-state index contributed by atoms with van der Waals surface area (Å²) in [4.78, 5) is 10.7. The lowest BCUT2D eigenvalue weighted by atomic mass is 9.84. The van der Waals surface area contributed by atoms with Crippen molar-refractivity contribution in [3.8, 4) is 67.0 Å². The van der Waals surface area contributed by atoms with E-state index >= 15 is 0 Å². The standard InChI is InChI=1S/C68H42N2/c1-3-21-49-43(17-1)19-15-31-51(49)65-57-27-9-5-23-53(57)63(54-24-6-10-28-58(54)65)45-35-39-47(40-36-45)67-68(70-62-34-14-13-33-61(62)69-67)48-41-37-46(38-42-48)64-55-25-7-11-29-59(55)66(60-30-12-8-26-56(60)64)52-32-16-20-44-18-2-4-22-50(44)52/h1-42H. The van der Waals surface area contributed by atoms with Gasteiger partial charge in [0.1, 0.15) is 0 Å². The molecule has 0 N–H and O–H groups in total. The van der Waals surface area contributed by atoms with Gasteiger partial charge in [-0.25, -0.2) is 9.97 Å². The smallest absolute Gasteiger partial charge is 0.0973 e. The van der Waals surface area contributed by atoms with Crippen molar-refractivity contribution in [2.45, 2.75) is 0 Å². The number of rotatable bonds is 6. The summed E-state index contributed by atoms with van der Waals surface area (Å²) in [6, 6.07) is 92.5. The highest BCUT2D eigenvalue weighted by atomic mass is 14.8. The van der Waals surface area contributed by atoms with Gasteiger partial charge in [0, 0.05) is 11.1 Å². The first-order valence-electron chi connectivity index (χ1n) is 24.1. The van der Waals surface area contributed by atoms with Crippen molar-refractivity contribution < 1.29 is 0 Å². The molecule has 2 heteroatoms. The molecule has 0 atom stereocenters. The molecule has 0 saturated carbocycles. The van der Waals surface area contributed by atoms with Gasteiger partial charge in [0.2, 0.25) is 0 Å². The fourth-order valence-electron chi connectivity index (χ4n) is 11.3. The van der Waals surface area contributed by atoms with Crippen molar-refractivity contribution in [2.24, 2.45) is 0 Å². The number of fused-ring (bicyclic) bond motifs is 7. The maximum absolute atomic E-state index is 5.35. The van der Waals surface area contributed by atoms with Crippen LogP contribution < -0.4 is 0 Å². The summed E-state index contributed by atoms with van der Waals surface area (Å²) in [5.41, 5.74) is 15.3. The zero-order valence-corrected chi connectivity index (χ0v) is 38.1. The number of para-hydroxylation sites is 2. The van der Waals surface area contributed by atoms with Gasteiger partial charge in [0.15, 0.2) is 0 Å². The Morgan fingerprint density at radius 3 is 0.786 bits per heavy atom. The van der Waals surface area contributed by atoms with Crippen LogP contribution in [0.4, 0.5) is 0 Å². The molecule has 0 aliphatic rings. The first-order valence-corrected chi connectivity index (χ1v) is 24.1. The van der Waals surface area contributed by atoms with Gasteiger partial charge < -0.3 is 0 Å². The van der Waals surface area contributed by atoms with Crippen molar-refractivity contribution in [1.29, 1.82) is 0 Å². The molecule has 0 aliphatic heterocycles. The van der Waals surface area contributed by atoms with E-state index in [0.29, 0.717) is 0 Å². The average Bonchev–Trinajstić information content (AvgIpc) is 3.43. The zero-order valence-electron chi connectivity index (χ0n) is 38.1. The van der Waals surface area contributed by atoms with Gasteiger partial charge in [-0.1, -0.05) is 243 Å². The van der Waals surface area contributed by atoms with Gasteiger partial charge in [0.25, 0.3) is 0 Å². The number of hydrogen-bond donors (Lipinski definition) is 0. The first kappa shape index (κ1) is 39.9. The molecule has 324 valence electrons. The molecule has 14 aromatic rings. The second-order valence-electron chi connectivity index (χ2n) is 18.3. The van der Waals surface area contributed by atoms with E-state index in [2.05, 4.69) is 243 Å². The minimum Gasteiger partial charge on any atom is -0.244 e. The Morgan fingerprint density at radius 2 is 0.443 bits per heavy atom. The topological polar surface area (TPSA) is 25.8 Å². The summed E-state index contributed by atoms with van der Waals surface area (Å²) in [7, 11) is 0. The number of nitrogens with zero attached hydrogens (tertiary/aromatic N) is 2. The molecule has 0 unspecified atom stereocenters. The molecule has 0 saturated heterocycles. The second kappa shape index (κ2) is 16.2.